The Kier molecular flexibility index (Phi) is 7.44. The summed E-state index contributed by atoms with van der Waals surface area (Å²) >= 11 is 0. The van der Waals surface area contributed by atoms with Crippen LogP contribution in [0, 0.1) is 11.3 Å². The quantitative estimate of drug-likeness (QED) is 0.696. The van der Waals surface area contributed by atoms with Crippen LogP contribution in [0.1, 0.15) is 11.1 Å². The molecule has 2 saturated heterocycles. The molecule has 10 heteroatoms. The molecule has 0 spiro atoms. The zero-order valence-corrected chi connectivity index (χ0v) is 17.2. The second kappa shape index (κ2) is 10.0. The lowest BCUT2D eigenvalue weighted by atomic mass is 10.1. The molecule has 0 unspecified atom stereocenters. The number of benzene rings is 1. The second-order valence-electron chi connectivity index (χ2n) is 7.13. The topological polar surface area (TPSA) is 106 Å². The van der Waals surface area contributed by atoms with Crippen molar-refractivity contribution in [2.75, 3.05) is 64.8 Å². The second-order valence-corrected chi connectivity index (χ2v) is 9.22. The number of sulfonamides is 1. The van der Waals surface area contributed by atoms with Gasteiger partial charge in [-0.1, -0.05) is 12.1 Å². The minimum atomic E-state index is -3.37. The molecule has 1 aromatic carbocycles. The number of carbonyl (C=O) groups is 1. The molecule has 3 rings (SSSR count). The number of piperazine rings is 1. The van der Waals surface area contributed by atoms with Crippen LogP contribution < -0.4 is 5.32 Å². The van der Waals surface area contributed by atoms with E-state index < -0.39 is 10.0 Å². The fraction of sp³-hybridized carbons (Fsp3) is 0.579. The van der Waals surface area contributed by atoms with E-state index >= 15 is 0 Å². The maximum absolute atomic E-state index is 12.3. The van der Waals surface area contributed by atoms with Crippen LogP contribution in [-0.4, -0.2) is 93.3 Å². The van der Waals surface area contributed by atoms with E-state index in [-0.39, 0.29) is 18.3 Å². The van der Waals surface area contributed by atoms with Crippen molar-refractivity contribution in [3.8, 4) is 6.07 Å². The van der Waals surface area contributed by atoms with E-state index in [1.165, 1.54) is 4.31 Å². The van der Waals surface area contributed by atoms with E-state index in [0.29, 0.717) is 45.0 Å². The Bertz CT molecular complexity index is 823. The standard InChI is InChI=1S/C19H27N5O4S/c20-15-17-1-3-18(4-2-17)16-22-6-8-23(9-7-22)19(25)21-5-14-29(26,27)24-10-12-28-13-11-24/h1-4H,5-14,16H2,(H,21,25). The first kappa shape index (κ1) is 21.5. The summed E-state index contributed by atoms with van der Waals surface area (Å²) in [6, 6.07) is 9.41. The first-order valence-corrected chi connectivity index (χ1v) is 11.4. The van der Waals surface area contributed by atoms with Gasteiger partial charge in [-0.15, -0.1) is 0 Å². The highest BCUT2D eigenvalue weighted by Gasteiger charge is 2.25. The number of carbonyl (C=O) groups excluding carboxylic acids is 1. The summed E-state index contributed by atoms with van der Waals surface area (Å²) in [6.07, 6.45) is 0. The molecule has 2 aliphatic rings. The number of nitrogens with zero attached hydrogens (tertiary/aromatic N) is 4. The Morgan fingerprint density at radius 2 is 1.72 bits per heavy atom. The minimum Gasteiger partial charge on any atom is -0.379 e. The molecule has 2 aliphatic heterocycles. The number of ether oxygens (including phenoxy) is 1. The van der Waals surface area contributed by atoms with E-state index in [0.717, 1.165) is 25.2 Å². The van der Waals surface area contributed by atoms with Crippen molar-refractivity contribution in [2.45, 2.75) is 6.54 Å². The lowest BCUT2D eigenvalue weighted by Gasteiger charge is -2.34. The van der Waals surface area contributed by atoms with Crippen molar-refractivity contribution < 1.29 is 17.9 Å². The van der Waals surface area contributed by atoms with Gasteiger partial charge in [-0.25, -0.2) is 13.2 Å². The van der Waals surface area contributed by atoms with Gasteiger partial charge in [0, 0.05) is 52.4 Å². The summed E-state index contributed by atoms with van der Waals surface area (Å²) in [4.78, 5) is 16.3. The van der Waals surface area contributed by atoms with Crippen LogP contribution in [0.5, 0.6) is 0 Å². The van der Waals surface area contributed by atoms with E-state index in [1.54, 1.807) is 4.90 Å². The first-order valence-electron chi connectivity index (χ1n) is 9.78. The highest BCUT2D eigenvalue weighted by Crippen LogP contribution is 2.10. The van der Waals surface area contributed by atoms with Crippen molar-refractivity contribution in [3.63, 3.8) is 0 Å². The van der Waals surface area contributed by atoms with Crippen LogP contribution in [0.25, 0.3) is 0 Å². The summed E-state index contributed by atoms with van der Waals surface area (Å²) in [7, 11) is -3.37. The van der Waals surface area contributed by atoms with Crippen LogP contribution in [0.4, 0.5) is 4.79 Å². The van der Waals surface area contributed by atoms with E-state index in [4.69, 9.17) is 10.00 Å². The fourth-order valence-corrected chi connectivity index (χ4v) is 4.73. The molecule has 0 aromatic heterocycles. The molecule has 9 nitrogen and oxygen atoms in total. The Labute approximate surface area is 171 Å². The van der Waals surface area contributed by atoms with Crippen LogP contribution >= 0.6 is 0 Å². The molecule has 2 amide bonds. The fourth-order valence-electron chi connectivity index (χ4n) is 3.40. The van der Waals surface area contributed by atoms with Gasteiger partial charge in [-0.2, -0.15) is 9.57 Å². The number of nitrogens with one attached hydrogen (secondary N) is 1. The van der Waals surface area contributed by atoms with Crippen molar-refractivity contribution in [1.82, 2.24) is 19.4 Å². The van der Waals surface area contributed by atoms with Gasteiger partial charge >= 0.3 is 6.03 Å². The van der Waals surface area contributed by atoms with Gasteiger partial charge in [0.25, 0.3) is 0 Å². The molecule has 0 aliphatic carbocycles. The lowest BCUT2D eigenvalue weighted by Crippen LogP contribution is -2.52. The third-order valence-corrected chi connectivity index (χ3v) is 7.02. The molecule has 29 heavy (non-hydrogen) atoms. The molecule has 0 atom stereocenters. The van der Waals surface area contributed by atoms with Gasteiger partial charge in [-0.3, -0.25) is 4.90 Å². The predicted octanol–water partition coefficient (Wildman–Crippen LogP) is 0.0475. The Hall–Kier alpha value is -2.19. The zero-order valence-electron chi connectivity index (χ0n) is 16.4. The molecule has 2 heterocycles. The largest absolute Gasteiger partial charge is 0.379 e. The van der Waals surface area contributed by atoms with Gasteiger partial charge in [0.15, 0.2) is 0 Å². The molecule has 0 saturated carbocycles. The highest BCUT2D eigenvalue weighted by atomic mass is 32.2. The maximum atomic E-state index is 12.3. The highest BCUT2D eigenvalue weighted by molar-refractivity contribution is 7.89. The van der Waals surface area contributed by atoms with E-state index in [2.05, 4.69) is 16.3 Å². The maximum Gasteiger partial charge on any atom is 0.317 e. The number of rotatable bonds is 6. The zero-order chi connectivity index (χ0) is 20.7. The average Bonchev–Trinajstić information content (AvgIpc) is 2.75. The summed E-state index contributed by atoms with van der Waals surface area (Å²) in [5, 5.41) is 11.6. The first-order chi connectivity index (χ1) is 14.0. The van der Waals surface area contributed by atoms with Crippen molar-refractivity contribution in [2.24, 2.45) is 0 Å². The minimum absolute atomic E-state index is 0.0998. The average molecular weight is 422 g/mol. The van der Waals surface area contributed by atoms with Crippen LogP contribution in [0.15, 0.2) is 24.3 Å². The summed E-state index contributed by atoms with van der Waals surface area (Å²) in [5.41, 5.74) is 1.78. The molecule has 0 bridgehead atoms. The summed E-state index contributed by atoms with van der Waals surface area (Å²) in [5.74, 6) is -0.0998. The van der Waals surface area contributed by atoms with Crippen molar-refractivity contribution in [3.05, 3.63) is 35.4 Å². The lowest BCUT2D eigenvalue weighted by molar-refractivity contribution is 0.0730. The summed E-state index contributed by atoms with van der Waals surface area (Å²) < 4.78 is 31.2. The van der Waals surface area contributed by atoms with Crippen LogP contribution in [0.3, 0.4) is 0 Å². The number of nitriles is 1. The van der Waals surface area contributed by atoms with Crippen LogP contribution in [-0.2, 0) is 21.3 Å². The smallest absolute Gasteiger partial charge is 0.317 e. The Morgan fingerprint density at radius 1 is 1.07 bits per heavy atom. The number of morpholine rings is 1. The molecular weight excluding hydrogens is 394 g/mol. The van der Waals surface area contributed by atoms with Gasteiger partial charge < -0.3 is 15.0 Å². The number of hydrogen-bond donors (Lipinski definition) is 1. The van der Waals surface area contributed by atoms with Crippen molar-refractivity contribution >= 4 is 16.1 Å². The van der Waals surface area contributed by atoms with Crippen LogP contribution in [0.2, 0.25) is 0 Å². The van der Waals surface area contributed by atoms with E-state index in [9.17, 15) is 13.2 Å². The molecular formula is C19H27N5O4S. The molecule has 1 N–H and O–H groups in total. The SMILES string of the molecule is N#Cc1ccc(CN2CCN(C(=O)NCCS(=O)(=O)N3CCOCC3)CC2)cc1. The van der Waals surface area contributed by atoms with Gasteiger partial charge in [0.1, 0.15) is 0 Å². The predicted molar refractivity (Wildman–Crippen MR) is 108 cm³/mol. The number of amides is 2. The Morgan fingerprint density at radius 3 is 2.34 bits per heavy atom. The third kappa shape index (κ3) is 6.14. The molecule has 1 aromatic rings. The normalized spacial score (nSPS) is 18.9. The van der Waals surface area contributed by atoms with E-state index in [1.807, 2.05) is 24.3 Å². The van der Waals surface area contributed by atoms with Gasteiger partial charge in [-0.05, 0) is 17.7 Å². The monoisotopic (exact) mass is 421 g/mol. The summed E-state index contributed by atoms with van der Waals surface area (Å²) in [6.45, 7) is 5.14. The number of urea groups is 1. The molecule has 0 radical (unpaired) electrons. The molecule has 158 valence electrons. The number of hydrogen-bond acceptors (Lipinski definition) is 6. The third-order valence-electron chi connectivity index (χ3n) is 5.15. The van der Waals surface area contributed by atoms with Gasteiger partial charge in [0.05, 0.1) is 30.6 Å². The van der Waals surface area contributed by atoms with Crippen molar-refractivity contribution in [1.29, 1.82) is 5.26 Å². The van der Waals surface area contributed by atoms with Gasteiger partial charge in [0.2, 0.25) is 10.0 Å². The Balaban J connectivity index is 1.37. The molecule has 2 fully saturated rings.